The zero-order chi connectivity index (χ0) is 66.8. The molecule has 0 saturated heterocycles. The van der Waals surface area contributed by atoms with Crippen molar-refractivity contribution in [1.29, 1.82) is 0 Å². The maximum absolute atomic E-state index is 13.0. The first-order valence-corrected chi connectivity index (χ1v) is 39.7. The Morgan fingerprint density at radius 2 is 0.533 bits per heavy atom. The number of aliphatic hydroxyl groups excluding tert-OH is 1. The lowest BCUT2D eigenvalue weighted by Crippen LogP contribution is -2.30. The maximum Gasteiger partial charge on any atom is 0.472 e. The second kappa shape index (κ2) is 60.7. The van der Waals surface area contributed by atoms with Crippen molar-refractivity contribution in [2.75, 3.05) is 39.6 Å². The average molecular weight is 1330 g/mol. The van der Waals surface area contributed by atoms with Gasteiger partial charge in [-0.15, -0.1) is 0 Å². The van der Waals surface area contributed by atoms with Gasteiger partial charge in [-0.3, -0.25) is 37.3 Å². The largest absolute Gasteiger partial charge is 0.472 e. The summed E-state index contributed by atoms with van der Waals surface area (Å²) in [6, 6.07) is 0. The van der Waals surface area contributed by atoms with Gasteiger partial charge in [-0.2, -0.15) is 0 Å². The molecule has 90 heavy (non-hydrogen) atoms. The fourth-order valence-electron chi connectivity index (χ4n) is 10.6. The number of aliphatic hydroxyl groups is 1. The van der Waals surface area contributed by atoms with Crippen molar-refractivity contribution < 1.29 is 80.2 Å². The highest BCUT2D eigenvalue weighted by atomic mass is 31.2. The molecule has 0 rings (SSSR count). The van der Waals surface area contributed by atoms with E-state index < -0.39 is 97.5 Å². The average Bonchev–Trinajstić information content (AvgIpc) is 3.71. The molecule has 3 N–H and O–H groups in total. The van der Waals surface area contributed by atoms with Gasteiger partial charge in [0.2, 0.25) is 0 Å². The van der Waals surface area contributed by atoms with E-state index in [-0.39, 0.29) is 25.7 Å². The number of esters is 4. The Hall–Kier alpha value is -1.94. The first-order valence-electron chi connectivity index (χ1n) is 36.7. The fraction of sp³-hybridized carbons (Fsp3) is 0.944. The molecule has 0 bridgehead atoms. The van der Waals surface area contributed by atoms with Gasteiger partial charge in [-0.1, -0.05) is 299 Å². The molecule has 17 nitrogen and oxygen atoms in total. The Kier molecular flexibility index (Phi) is 59.4. The second-order valence-electron chi connectivity index (χ2n) is 27.3. The monoisotopic (exact) mass is 1320 g/mol. The topological polar surface area (TPSA) is 237 Å². The zero-order valence-corrected chi connectivity index (χ0v) is 60.6. The van der Waals surface area contributed by atoms with E-state index in [9.17, 15) is 43.2 Å². The predicted octanol–water partition coefficient (Wildman–Crippen LogP) is 20.1. The SMILES string of the molecule is CCC(C)CCCCCCCCCCCCCCCCCCCCC(=O)OC[C@H](COP(=O)(O)OC[C@@H](O)COP(=O)(O)OC[C@@H](COC(=O)CCCCCCCCC(C)C)OC(=O)CCCCCCCCCC(C)C)OC(=O)CCCCCCCCC(C)C. The Bertz CT molecular complexity index is 1780. The Balaban J connectivity index is 5.07. The summed E-state index contributed by atoms with van der Waals surface area (Å²) in [5.41, 5.74) is 0. The highest BCUT2D eigenvalue weighted by molar-refractivity contribution is 7.47. The molecular weight excluding hydrogens is 1190 g/mol. The van der Waals surface area contributed by atoms with Crippen LogP contribution in [0.3, 0.4) is 0 Å². The van der Waals surface area contributed by atoms with Gasteiger partial charge in [-0.25, -0.2) is 9.13 Å². The molecule has 0 aliphatic carbocycles. The van der Waals surface area contributed by atoms with Crippen LogP contribution in [0.5, 0.6) is 0 Å². The third-order valence-corrected chi connectivity index (χ3v) is 18.6. The van der Waals surface area contributed by atoms with Crippen LogP contribution in [0.25, 0.3) is 0 Å². The van der Waals surface area contributed by atoms with Crippen LogP contribution >= 0.6 is 15.6 Å². The van der Waals surface area contributed by atoms with E-state index in [1.165, 1.54) is 148 Å². The van der Waals surface area contributed by atoms with Crippen LogP contribution in [0.2, 0.25) is 0 Å². The van der Waals surface area contributed by atoms with Crippen LogP contribution in [0.4, 0.5) is 0 Å². The number of rotatable bonds is 68. The molecule has 3 unspecified atom stereocenters. The molecule has 0 amide bonds. The maximum atomic E-state index is 13.0. The van der Waals surface area contributed by atoms with Crippen molar-refractivity contribution >= 4 is 39.5 Å². The van der Waals surface area contributed by atoms with Gasteiger partial charge in [0.25, 0.3) is 0 Å². The van der Waals surface area contributed by atoms with Gasteiger partial charge >= 0.3 is 39.5 Å². The number of phosphoric ester groups is 2. The summed E-state index contributed by atoms with van der Waals surface area (Å²) in [5, 5.41) is 10.6. The quantitative estimate of drug-likeness (QED) is 0.0222. The van der Waals surface area contributed by atoms with Gasteiger partial charge in [0, 0.05) is 25.7 Å². The molecule has 0 aliphatic rings. The summed E-state index contributed by atoms with van der Waals surface area (Å²) in [6.07, 6.45) is 43.7. The molecule has 0 spiro atoms. The van der Waals surface area contributed by atoms with Crippen molar-refractivity contribution in [3.05, 3.63) is 0 Å². The number of hydrogen-bond acceptors (Lipinski definition) is 15. The molecule has 0 heterocycles. The van der Waals surface area contributed by atoms with Crippen molar-refractivity contribution in [3.63, 3.8) is 0 Å². The third-order valence-electron chi connectivity index (χ3n) is 16.7. The minimum Gasteiger partial charge on any atom is -0.462 e. The summed E-state index contributed by atoms with van der Waals surface area (Å²) in [5.74, 6) is 0.780. The number of carbonyl (C=O) groups excluding carboxylic acids is 4. The summed E-state index contributed by atoms with van der Waals surface area (Å²) in [6.45, 7) is 14.0. The van der Waals surface area contributed by atoms with E-state index in [1.807, 2.05) is 0 Å². The molecule has 0 radical (unpaired) electrons. The van der Waals surface area contributed by atoms with E-state index in [2.05, 4.69) is 55.4 Å². The smallest absolute Gasteiger partial charge is 0.462 e. The normalized spacial score (nSPS) is 14.6. The van der Waals surface area contributed by atoms with E-state index in [0.29, 0.717) is 43.4 Å². The Morgan fingerprint density at radius 1 is 0.311 bits per heavy atom. The highest BCUT2D eigenvalue weighted by Gasteiger charge is 2.30. The molecule has 0 aromatic carbocycles. The molecule has 534 valence electrons. The number of carbonyl (C=O) groups is 4. The molecular formula is C71H138O17P2. The molecule has 0 fully saturated rings. The molecule has 0 saturated carbocycles. The van der Waals surface area contributed by atoms with E-state index >= 15 is 0 Å². The van der Waals surface area contributed by atoms with Crippen LogP contribution < -0.4 is 0 Å². The standard InChI is InChI=1S/C71H138O17P2/c1-9-64(8)50-42-34-24-20-18-16-14-12-10-11-13-15-17-19-21-25-35-43-51-68(73)81-57-67(88-71(76)54-46-38-30-28-33-41-49-63(6)7)60-86-90(79,80)84-56-65(72)55-83-89(77,78)85-59-66(58-82-69(74)52-44-36-29-27-32-40-48-62(4)5)87-70(75)53-45-37-26-22-23-31-39-47-61(2)3/h61-67,72H,9-60H2,1-8H3,(H,77,78)(H,79,80)/t64?,65-,66+,67+/m0/s1. The number of unbranched alkanes of at least 4 members (excludes halogenated alkanes) is 33. The molecule has 0 aromatic heterocycles. The van der Waals surface area contributed by atoms with Crippen molar-refractivity contribution in [3.8, 4) is 0 Å². The van der Waals surface area contributed by atoms with Gasteiger partial charge < -0.3 is 33.8 Å². The Morgan fingerprint density at radius 3 is 0.789 bits per heavy atom. The van der Waals surface area contributed by atoms with Gasteiger partial charge in [0.15, 0.2) is 12.2 Å². The predicted molar refractivity (Wildman–Crippen MR) is 363 cm³/mol. The third kappa shape index (κ3) is 63.5. The van der Waals surface area contributed by atoms with Crippen LogP contribution in [-0.4, -0.2) is 96.7 Å². The van der Waals surface area contributed by atoms with Crippen LogP contribution in [0, 0.1) is 23.7 Å². The fourth-order valence-corrected chi connectivity index (χ4v) is 12.2. The van der Waals surface area contributed by atoms with E-state index in [4.69, 9.17) is 37.0 Å². The number of hydrogen-bond donors (Lipinski definition) is 3. The first-order chi connectivity index (χ1) is 43.1. The minimum absolute atomic E-state index is 0.102. The highest BCUT2D eigenvalue weighted by Crippen LogP contribution is 2.45. The lowest BCUT2D eigenvalue weighted by molar-refractivity contribution is -0.161. The molecule has 19 heteroatoms. The summed E-state index contributed by atoms with van der Waals surface area (Å²) < 4.78 is 68.1. The van der Waals surface area contributed by atoms with Crippen molar-refractivity contribution in [2.24, 2.45) is 23.7 Å². The van der Waals surface area contributed by atoms with Crippen LogP contribution in [-0.2, 0) is 65.4 Å². The van der Waals surface area contributed by atoms with Gasteiger partial charge in [-0.05, 0) is 49.4 Å². The molecule has 6 atom stereocenters. The van der Waals surface area contributed by atoms with Gasteiger partial charge in [0.05, 0.1) is 26.4 Å². The minimum atomic E-state index is -4.95. The van der Waals surface area contributed by atoms with Crippen molar-refractivity contribution in [2.45, 2.75) is 369 Å². The number of phosphoric acid groups is 2. The van der Waals surface area contributed by atoms with Crippen LogP contribution in [0.1, 0.15) is 351 Å². The zero-order valence-electron chi connectivity index (χ0n) is 58.8. The first kappa shape index (κ1) is 88.1. The molecule has 0 aromatic rings. The van der Waals surface area contributed by atoms with Crippen LogP contribution in [0.15, 0.2) is 0 Å². The second-order valence-corrected chi connectivity index (χ2v) is 30.2. The lowest BCUT2D eigenvalue weighted by Gasteiger charge is -2.21. The Labute approximate surface area is 549 Å². The summed E-state index contributed by atoms with van der Waals surface area (Å²) >= 11 is 0. The summed E-state index contributed by atoms with van der Waals surface area (Å²) in [4.78, 5) is 72.4. The number of ether oxygens (including phenoxy) is 4. The van der Waals surface area contributed by atoms with E-state index in [1.54, 1.807) is 0 Å². The lowest BCUT2D eigenvalue weighted by atomic mass is 9.99. The molecule has 0 aliphatic heterocycles. The van der Waals surface area contributed by atoms with Crippen molar-refractivity contribution in [1.82, 2.24) is 0 Å². The summed E-state index contributed by atoms with van der Waals surface area (Å²) in [7, 11) is -9.90. The van der Waals surface area contributed by atoms with Gasteiger partial charge in [0.1, 0.15) is 19.3 Å². The van der Waals surface area contributed by atoms with E-state index in [0.717, 1.165) is 102 Å².